The van der Waals surface area contributed by atoms with E-state index in [1.165, 1.54) is 5.56 Å². The smallest absolute Gasteiger partial charge is 0.225 e. The third-order valence-corrected chi connectivity index (χ3v) is 6.21. The summed E-state index contributed by atoms with van der Waals surface area (Å²) in [5, 5.41) is 18.1. The van der Waals surface area contributed by atoms with E-state index < -0.39 is 0 Å². The normalized spacial score (nSPS) is 19.8. The molecule has 164 valence electrons. The van der Waals surface area contributed by atoms with Gasteiger partial charge in [0, 0.05) is 44.0 Å². The number of aromatic nitrogens is 2. The van der Waals surface area contributed by atoms with Gasteiger partial charge in [0.1, 0.15) is 5.82 Å². The molecule has 3 aromatic rings. The Morgan fingerprint density at radius 1 is 0.935 bits per heavy atom. The molecule has 0 radical (unpaired) electrons. The van der Waals surface area contributed by atoms with Crippen molar-refractivity contribution in [3.63, 3.8) is 0 Å². The third kappa shape index (κ3) is 5.32. The Bertz CT molecular complexity index is 970. The molecule has 1 aromatic heterocycles. The van der Waals surface area contributed by atoms with E-state index in [2.05, 4.69) is 28.8 Å². The summed E-state index contributed by atoms with van der Waals surface area (Å²) in [6.45, 7) is 0.977. The van der Waals surface area contributed by atoms with Crippen LogP contribution in [-0.4, -0.2) is 54.4 Å². The lowest BCUT2D eigenvalue weighted by Crippen LogP contribution is -2.39. The van der Waals surface area contributed by atoms with Crippen molar-refractivity contribution < 1.29 is 5.11 Å². The highest BCUT2D eigenvalue weighted by molar-refractivity contribution is 5.90. The number of rotatable bonds is 8. The number of aliphatic hydroxyl groups excluding tert-OH is 1. The predicted octanol–water partition coefficient (Wildman–Crippen LogP) is 3.78. The molecule has 1 aliphatic carbocycles. The Labute approximate surface area is 184 Å². The second-order valence-electron chi connectivity index (χ2n) is 8.67. The molecule has 0 amide bonds. The van der Waals surface area contributed by atoms with Gasteiger partial charge in [-0.1, -0.05) is 42.5 Å². The Morgan fingerprint density at radius 3 is 2.32 bits per heavy atom. The Balaban J connectivity index is 1.32. The van der Waals surface area contributed by atoms with Crippen molar-refractivity contribution >= 4 is 22.7 Å². The van der Waals surface area contributed by atoms with E-state index in [9.17, 15) is 5.11 Å². The van der Waals surface area contributed by atoms with Crippen LogP contribution in [0, 0.1) is 0 Å². The molecular formula is C25H33N5O. The van der Waals surface area contributed by atoms with Crippen LogP contribution in [0.15, 0.2) is 54.6 Å². The number of benzene rings is 2. The van der Waals surface area contributed by atoms with Crippen molar-refractivity contribution in [3.05, 3.63) is 60.2 Å². The number of hydrogen-bond acceptors (Lipinski definition) is 6. The minimum Gasteiger partial charge on any atom is -0.396 e. The van der Waals surface area contributed by atoms with Crippen molar-refractivity contribution in [2.75, 3.05) is 37.5 Å². The largest absolute Gasteiger partial charge is 0.396 e. The van der Waals surface area contributed by atoms with E-state index in [1.807, 2.05) is 55.4 Å². The number of nitrogens with one attached hydrogen (secondary N) is 2. The topological polar surface area (TPSA) is 73.3 Å². The first-order chi connectivity index (χ1) is 15.1. The van der Waals surface area contributed by atoms with Crippen LogP contribution in [0.4, 0.5) is 11.8 Å². The minimum atomic E-state index is 0.146. The van der Waals surface area contributed by atoms with E-state index in [0.29, 0.717) is 18.0 Å². The minimum absolute atomic E-state index is 0.146. The van der Waals surface area contributed by atoms with Crippen LogP contribution in [0.3, 0.4) is 0 Å². The van der Waals surface area contributed by atoms with Gasteiger partial charge in [-0.2, -0.15) is 4.98 Å². The molecule has 3 N–H and O–H groups in total. The lowest BCUT2D eigenvalue weighted by Gasteiger charge is -2.31. The first kappa shape index (κ1) is 21.5. The van der Waals surface area contributed by atoms with Gasteiger partial charge in [0.05, 0.1) is 12.1 Å². The SMILES string of the molecule is CN(C)c1nc(N[C@H]2CC[C@@H](NCC(CO)c3ccccc3)CC2)nc2ccccc12. The van der Waals surface area contributed by atoms with Crippen molar-refractivity contribution in [2.24, 2.45) is 0 Å². The zero-order valence-corrected chi connectivity index (χ0v) is 18.5. The molecule has 1 heterocycles. The van der Waals surface area contributed by atoms with Gasteiger partial charge in [-0.25, -0.2) is 4.98 Å². The van der Waals surface area contributed by atoms with Crippen molar-refractivity contribution in [1.82, 2.24) is 15.3 Å². The van der Waals surface area contributed by atoms with Gasteiger partial charge in [0.2, 0.25) is 5.95 Å². The molecule has 6 nitrogen and oxygen atoms in total. The molecule has 1 unspecified atom stereocenters. The predicted molar refractivity (Wildman–Crippen MR) is 128 cm³/mol. The van der Waals surface area contributed by atoms with Crippen LogP contribution in [0.5, 0.6) is 0 Å². The molecule has 0 saturated heterocycles. The third-order valence-electron chi connectivity index (χ3n) is 6.21. The molecule has 0 bridgehead atoms. The number of fused-ring (bicyclic) bond motifs is 1. The van der Waals surface area contributed by atoms with Crippen LogP contribution in [0.25, 0.3) is 10.9 Å². The molecule has 31 heavy (non-hydrogen) atoms. The fraction of sp³-hybridized carbons (Fsp3) is 0.440. The summed E-state index contributed by atoms with van der Waals surface area (Å²) in [6, 6.07) is 19.3. The van der Waals surface area contributed by atoms with Gasteiger partial charge in [-0.05, 0) is 43.4 Å². The first-order valence-corrected chi connectivity index (χ1v) is 11.2. The maximum atomic E-state index is 9.78. The van der Waals surface area contributed by atoms with Gasteiger partial charge in [-0.15, -0.1) is 0 Å². The summed E-state index contributed by atoms with van der Waals surface area (Å²) in [5.74, 6) is 1.80. The van der Waals surface area contributed by atoms with E-state index in [-0.39, 0.29) is 12.5 Å². The standard InChI is InChI=1S/C25H33N5O/c1-30(2)24-22-10-6-7-11-23(22)28-25(29-24)27-21-14-12-20(13-15-21)26-16-19(17-31)18-8-4-3-5-9-18/h3-11,19-21,26,31H,12-17H2,1-2H3,(H,27,28,29)/t19?,20-,21+. The summed E-state index contributed by atoms with van der Waals surface area (Å²) in [6.07, 6.45) is 4.39. The average Bonchev–Trinajstić information content (AvgIpc) is 2.80. The molecular weight excluding hydrogens is 386 g/mol. The molecule has 0 aliphatic heterocycles. The molecule has 2 aromatic carbocycles. The molecule has 0 spiro atoms. The first-order valence-electron chi connectivity index (χ1n) is 11.2. The second-order valence-corrected chi connectivity index (χ2v) is 8.67. The Kier molecular flexibility index (Phi) is 6.99. The zero-order valence-electron chi connectivity index (χ0n) is 18.5. The molecule has 1 aliphatic rings. The number of nitrogens with zero attached hydrogens (tertiary/aromatic N) is 3. The summed E-state index contributed by atoms with van der Waals surface area (Å²) in [5.41, 5.74) is 2.16. The number of anilines is 2. The summed E-state index contributed by atoms with van der Waals surface area (Å²) >= 11 is 0. The van der Waals surface area contributed by atoms with Crippen LogP contribution in [0.1, 0.15) is 37.2 Å². The Morgan fingerprint density at radius 2 is 1.61 bits per heavy atom. The molecule has 1 fully saturated rings. The second kappa shape index (κ2) is 10.1. The highest BCUT2D eigenvalue weighted by Gasteiger charge is 2.23. The van der Waals surface area contributed by atoms with Crippen molar-refractivity contribution in [3.8, 4) is 0 Å². The summed E-state index contributed by atoms with van der Waals surface area (Å²) in [4.78, 5) is 11.6. The highest BCUT2D eigenvalue weighted by atomic mass is 16.3. The lowest BCUT2D eigenvalue weighted by atomic mass is 9.90. The maximum Gasteiger partial charge on any atom is 0.225 e. The highest BCUT2D eigenvalue weighted by Crippen LogP contribution is 2.26. The quantitative estimate of drug-likeness (QED) is 0.516. The summed E-state index contributed by atoms with van der Waals surface area (Å²) in [7, 11) is 4.04. The van der Waals surface area contributed by atoms with Crippen molar-refractivity contribution in [2.45, 2.75) is 43.7 Å². The maximum absolute atomic E-state index is 9.78. The number of hydrogen-bond donors (Lipinski definition) is 3. The van der Waals surface area contributed by atoms with Crippen LogP contribution >= 0.6 is 0 Å². The van der Waals surface area contributed by atoms with Gasteiger partial charge >= 0.3 is 0 Å². The van der Waals surface area contributed by atoms with E-state index in [4.69, 9.17) is 9.97 Å². The average molecular weight is 420 g/mol. The summed E-state index contributed by atoms with van der Waals surface area (Å²) < 4.78 is 0. The van der Waals surface area contributed by atoms with Crippen LogP contribution in [0.2, 0.25) is 0 Å². The lowest BCUT2D eigenvalue weighted by molar-refractivity contribution is 0.251. The fourth-order valence-corrected chi connectivity index (χ4v) is 4.41. The monoisotopic (exact) mass is 419 g/mol. The molecule has 1 saturated carbocycles. The number of aliphatic hydroxyl groups is 1. The van der Waals surface area contributed by atoms with Gasteiger partial charge in [-0.3, -0.25) is 0 Å². The Hall–Kier alpha value is -2.70. The van der Waals surface area contributed by atoms with Gasteiger partial charge < -0.3 is 20.6 Å². The van der Waals surface area contributed by atoms with Crippen LogP contribution in [-0.2, 0) is 0 Å². The van der Waals surface area contributed by atoms with Crippen molar-refractivity contribution in [1.29, 1.82) is 0 Å². The molecule has 4 rings (SSSR count). The zero-order chi connectivity index (χ0) is 21.6. The van der Waals surface area contributed by atoms with Gasteiger partial charge in [0.15, 0.2) is 0 Å². The van der Waals surface area contributed by atoms with E-state index >= 15 is 0 Å². The van der Waals surface area contributed by atoms with E-state index in [1.54, 1.807) is 0 Å². The molecule has 6 heteroatoms. The molecule has 1 atom stereocenters. The van der Waals surface area contributed by atoms with Crippen LogP contribution < -0.4 is 15.5 Å². The fourth-order valence-electron chi connectivity index (χ4n) is 4.41. The van der Waals surface area contributed by atoms with E-state index in [0.717, 1.165) is 48.9 Å². The van der Waals surface area contributed by atoms with Gasteiger partial charge in [0.25, 0.3) is 0 Å². The number of para-hydroxylation sites is 1.